The first-order valence-corrected chi connectivity index (χ1v) is 10.8. The van der Waals surface area contributed by atoms with E-state index in [0.717, 1.165) is 37.2 Å². The van der Waals surface area contributed by atoms with Crippen molar-refractivity contribution in [1.82, 2.24) is 20.4 Å². The number of aryl methyl sites for hydroxylation is 1. The summed E-state index contributed by atoms with van der Waals surface area (Å²) in [6.07, 6.45) is 7.90. The predicted octanol–water partition coefficient (Wildman–Crippen LogP) is 3.03. The lowest BCUT2D eigenvalue weighted by Crippen LogP contribution is -2.67. The monoisotopic (exact) mass is 410 g/mol. The molecule has 30 heavy (non-hydrogen) atoms. The third kappa shape index (κ3) is 4.88. The minimum atomic E-state index is -0.749. The number of nitrogens with one attached hydrogen (secondary N) is 3. The first-order valence-electron chi connectivity index (χ1n) is 10.8. The van der Waals surface area contributed by atoms with Gasteiger partial charge in [-0.2, -0.15) is 5.10 Å². The Morgan fingerprint density at radius 1 is 1.23 bits per heavy atom. The number of rotatable bonds is 6. The van der Waals surface area contributed by atoms with Crippen molar-refractivity contribution in [2.75, 3.05) is 18.4 Å². The van der Waals surface area contributed by atoms with Gasteiger partial charge in [0.25, 0.3) is 6.04 Å². The third-order valence-electron chi connectivity index (χ3n) is 6.02. The summed E-state index contributed by atoms with van der Waals surface area (Å²) in [4.78, 5) is 14.3. The van der Waals surface area contributed by atoms with Crippen LogP contribution in [-0.2, 0) is 0 Å². The maximum Gasteiger partial charge on any atom is 0.261 e. The molecule has 0 spiro atoms. The van der Waals surface area contributed by atoms with Crippen LogP contribution in [0.1, 0.15) is 36.9 Å². The number of nitrogens with zero attached hydrogens (tertiary/aromatic N) is 3. The van der Waals surface area contributed by atoms with Gasteiger partial charge in [0.1, 0.15) is 12.0 Å². The molecule has 2 fully saturated rings. The number of hydrogen-bond acceptors (Lipinski definition) is 6. The maximum atomic E-state index is 12.2. The molecule has 4 rings (SSSR count). The van der Waals surface area contributed by atoms with Gasteiger partial charge in [0.05, 0.1) is 6.04 Å². The van der Waals surface area contributed by atoms with Gasteiger partial charge in [-0.1, -0.05) is 48.9 Å². The van der Waals surface area contributed by atoms with Gasteiger partial charge in [0.15, 0.2) is 0 Å². The van der Waals surface area contributed by atoms with Crippen LogP contribution in [0.3, 0.4) is 0 Å². The molecule has 2 aliphatic rings. The minimum absolute atomic E-state index is 0.0332. The zero-order valence-electron chi connectivity index (χ0n) is 17.3. The minimum Gasteiger partial charge on any atom is -0.359 e. The van der Waals surface area contributed by atoms with E-state index in [1.54, 1.807) is 0 Å². The number of likely N-dealkylation sites (tertiary alicyclic amines) is 1. The molecular weight excluding hydrogens is 380 g/mol. The Morgan fingerprint density at radius 3 is 2.67 bits per heavy atom. The molecule has 3 N–H and O–H groups in total. The fourth-order valence-electron chi connectivity index (χ4n) is 4.55. The van der Waals surface area contributed by atoms with Gasteiger partial charge in [-0.15, -0.1) is 0 Å². The quantitative estimate of drug-likeness (QED) is 0.500. The normalized spacial score (nSPS) is 27.9. The number of hydrogen-bond donors (Lipinski definition) is 3. The molecule has 4 unspecified atom stereocenters. The summed E-state index contributed by atoms with van der Waals surface area (Å²) in [5.41, 5.74) is 2.05. The summed E-state index contributed by atoms with van der Waals surface area (Å²) in [6, 6.07) is 11.0. The number of aromatic nitrogens is 2. The highest BCUT2D eigenvalue weighted by atomic mass is 16.6. The Kier molecular flexibility index (Phi) is 6.44. The zero-order valence-corrected chi connectivity index (χ0v) is 17.3. The van der Waals surface area contributed by atoms with Crippen molar-refractivity contribution in [2.45, 2.75) is 56.9 Å². The van der Waals surface area contributed by atoms with E-state index in [-0.39, 0.29) is 23.2 Å². The van der Waals surface area contributed by atoms with Crippen LogP contribution in [0.4, 0.5) is 5.82 Å². The van der Waals surface area contributed by atoms with E-state index >= 15 is 0 Å². The number of benzene rings is 1. The number of H-pyrrole nitrogens is 1. The van der Waals surface area contributed by atoms with Crippen molar-refractivity contribution >= 4 is 11.9 Å². The van der Waals surface area contributed by atoms with Crippen molar-refractivity contribution in [3.05, 3.63) is 63.8 Å². The van der Waals surface area contributed by atoms with Crippen LogP contribution < -0.4 is 10.6 Å². The van der Waals surface area contributed by atoms with Crippen molar-refractivity contribution in [2.24, 2.45) is 0 Å². The van der Waals surface area contributed by atoms with Gasteiger partial charge in [-0.3, -0.25) is 25.4 Å². The summed E-state index contributed by atoms with van der Waals surface area (Å²) in [6.45, 7) is 3.71. The van der Waals surface area contributed by atoms with Crippen LogP contribution >= 0.6 is 0 Å². The SMILES string of the molecule is Cc1cc(NC2CC(/C=C/c3ccccc3)NC(N3CCCCC3)C2[N+](=O)[O-])n[nH]1. The molecule has 8 heteroatoms. The van der Waals surface area contributed by atoms with Gasteiger partial charge in [0.2, 0.25) is 0 Å². The Hall–Kier alpha value is -2.71. The highest BCUT2D eigenvalue weighted by Gasteiger charge is 2.47. The lowest BCUT2D eigenvalue weighted by Gasteiger charge is -2.43. The maximum absolute atomic E-state index is 12.2. The second-order valence-corrected chi connectivity index (χ2v) is 8.28. The molecule has 0 amide bonds. The molecule has 2 aliphatic heterocycles. The third-order valence-corrected chi connectivity index (χ3v) is 6.02. The average molecular weight is 411 g/mol. The average Bonchev–Trinajstić information content (AvgIpc) is 3.17. The lowest BCUT2D eigenvalue weighted by molar-refractivity contribution is -0.537. The number of aromatic amines is 1. The van der Waals surface area contributed by atoms with Gasteiger partial charge in [0, 0.05) is 22.7 Å². The summed E-state index contributed by atoms with van der Waals surface area (Å²) in [5.74, 6) is 0.662. The van der Waals surface area contributed by atoms with E-state index in [9.17, 15) is 10.1 Å². The summed E-state index contributed by atoms with van der Waals surface area (Å²) in [7, 11) is 0. The van der Waals surface area contributed by atoms with Crippen molar-refractivity contribution in [3.63, 3.8) is 0 Å². The van der Waals surface area contributed by atoms with Crippen molar-refractivity contribution in [1.29, 1.82) is 0 Å². The van der Waals surface area contributed by atoms with Gasteiger partial charge < -0.3 is 5.32 Å². The summed E-state index contributed by atoms with van der Waals surface area (Å²) >= 11 is 0. The van der Waals surface area contributed by atoms with Crippen LogP contribution in [0, 0.1) is 17.0 Å². The molecular formula is C22H30N6O2. The van der Waals surface area contributed by atoms with E-state index in [0.29, 0.717) is 12.2 Å². The zero-order chi connectivity index (χ0) is 20.9. The Labute approximate surface area is 176 Å². The van der Waals surface area contributed by atoms with Crippen LogP contribution in [0.15, 0.2) is 42.5 Å². The summed E-state index contributed by atoms with van der Waals surface area (Å²) in [5, 5.41) is 26.2. The molecule has 1 aromatic heterocycles. The van der Waals surface area contributed by atoms with Gasteiger partial charge in [-0.25, -0.2) is 0 Å². The Balaban J connectivity index is 1.59. The molecule has 2 aromatic rings. The smallest absolute Gasteiger partial charge is 0.261 e. The van der Waals surface area contributed by atoms with E-state index in [2.05, 4.69) is 50.0 Å². The topological polar surface area (TPSA) is 99.1 Å². The van der Waals surface area contributed by atoms with Crippen LogP contribution in [-0.4, -0.2) is 57.4 Å². The van der Waals surface area contributed by atoms with Crippen LogP contribution in [0.25, 0.3) is 6.08 Å². The standard InChI is InChI=1S/C22H30N6O2/c1-16-14-20(26-25-16)24-19-15-18(11-10-17-8-4-2-5-9-17)23-22(21(19)28(29)30)27-12-6-3-7-13-27/h2,4-5,8-11,14,18-19,21-23H,3,6-7,12-13,15H2,1H3,(H2,24,25,26)/b11-10+. The molecule has 160 valence electrons. The van der Waals surface area contributed by atoms with Crippen LogP contribution in [0.5, 0.6) is 0 Å². The van der Waals surface area contributed by atoms with Gasteiger partial charge >= 0.3 is 0 Å². The molecule has 0 bridgehead atoms. The molecule has 2 saturated heterocycles. The van der Waals surface area contributed by atoms with Crippen molar-refractivity contribution in [3.8, 4) is 0 Å². The van der Waals surface area contributed by atoms with E-state index in [1.165, 1.54) is 6.42 Å². The fourth-order valence-corrected chi connectivity index (χ4v) is 4.55. The Bertz CT molecular complexity index is 862. The largest absolute Gasteiger partial charge is 0.359 e. The summed E-state index contributed by atoms with van der Waals surface area (Å²) < 4.78 is 0. The first kappa shape index (κ1) is 20.6. The number of nitro groups is 1. The second kappa shape index (κ2) is 9.40. The molecule has 4 atom stereocenters. The highest BCUT2D eigenvalue weighted by Crippen LogP contribution is 2.26. The predicted molar refractivity (Wildman–Crippen MR) is 118 cm³/mol. The first-order chi connectivity index (χ1) is 14.6. The number of anilines is 1. The highest BCUT2D eigenvalue weighted by molar-refractivity contribution is 5.49. The van der Waals surface area contributed by atoms with E-state index in [1.807, 2.05) is 31.2 Å². The molecule has 1 aromatic carbocycles. The Morgan fingerprint density at radius 2 is 2.00 bits per heavy atom. The second-order valence-electron chi connectivity index (χ2n) is 8.28. The number of piperidine rings is 2. The molecule has 8 nitrogen and oxygen atoms in total. The van der Waals surface area contributed by atoms with E-state index < -0.39 is 6.04 Å². The van der Waals surface area contributed by atoms with Crippen LogP contribution in [0.2, 0.25) is 0 Å². The van der Waals surface area contributed by atoms with E-state index in [4.69, 9.17) is 0 Å². The van der Waals surface area contributed by atoms with Gasteiger partial charge in [-0.05, 0) is 44.8 Å². The molecule has 0 saturated carbocycles. The molecule has 3 heterocycles. The fraction of sp³-hybridized carbons (Fsp3) is 0.500. The molecule has 0 aliphatic carbocycles. The van der Waals surface area contributed by atoms with Crippen molar-refractivity contribution < 1.29 is 4.92 Å². The lowest BCUT2D eigenvalue weighted by atomic mass is 9.90. The molecule has 0 radical (unpaired) electrons.